The molecule has 6 heteroatoms. The summed E-state index contributed by atoms with van der Waals surface area (Å²) in [6.07, 6.45) is 0. The highest BCUT2D eigenvalue weighted by Crippen LogP contribution is 2.35. The van der Waals surface area contributed by atoms with Crippen LogP contribution < -0.4 is 4.74 Å². The topological polar surface area (TPSA) is 72.6 Å². The van der Waals surface area contributed by atoms with Crippen molar-refractivity contribution in [1.29, 1.82) is 0 Å². The van der Waals surface area contributed by atoms with Crippen LogP contribution in [-0.2, 0) is 0 Å². The third kappa shape index (κ3) is 2.04. The van der Waals surface area contributed by atoms with Crippen molar-refractivity contribution in [1.82, 2.24) is 4.98 Å². The van der Waals surface area contributed by atoms with Gasteiger partial charge in [-0.3, -0.25) is 0 Å². The van der Waals surface area contributed by atoms with Gasteiger partial charge in [0.2, 0.25) is 11.6 Å². The van der Waals surface area contributed by atoms with Crippen LogP contribution in [0.2, 0.25) is 0 Å². The van der Waals surface area contributed by atoms with Gasteiger partial charge in [-0.15, -0.1) is 11.3 Å². The number of aromatic nitrogens is 1. The molecular weight excluding hydrogens is 278 g/mol. The van der Waals surface area contributed by atoms with E-state index in [4.69, 9.17) is 14.3 Å². The number of hydrogen-bond acceptors (Lipinski definition) is 5. The van der Waals surface area contributed by atoms with E-state index in [1.54, 1.807) is 18.3 Å². The minimum absolute atomic E-state index is 0.0507. The van der Waals surface area contributed by atoms with Crippen molar-refractivity contribution in [2.24, 2.45) is 0 Å². The van der Waals surface area contributed by atoms with Crippen LogP contribution in [0.5, 0.6) is 5.95 Å². The lowest BCUT2D eigenvalue weighted by atomic mass is 10.2. The lowest BCUT2D eigenvalue weighted by Gasteiger charge is -1.96. The summed E-state index contributed by atoms with van der Waals surface area (Å²) in [6.45, 7) is 2.08. The first-order valence-corrected chi connectivity index (χ1v) is 6.92. The van der Waals surface area contributed by atoms with Gasteiger partial charge < -0.3 is 14.3 Å². The molecule has 3 aromatic rings. The minimum Gasteiger partial charge on any atom is -0.476 e. The molecule has 0 unspecified atom stereocenters. The second-order valence-corrected chi connectivity index (χ2v) is 4.95. The number of carbonyl (C=O) groups is 1. The van der Waals surface area contributed by atoms with Crippen molar-refractivity contribution >= 4 is 27.4 Å². The molecular formula is C14H11NO4S. The third-order valence-corrected chi connectivity index (χ3v) is 3.75. The van der Waals surface area contributed by atoms with Crippen LogP contribution in [0.4, 0.5) is 0 Å². The van der Waals surface area contributed by atoms with Crippen LogP contribution >= 0.6 is 11.3 Å². The zero-order valence-corrected chi connectivity index (χ0v) is 11.4. The number of oxazole rings is 1. The van der Waals surface area contributed by atoms with Crippen molar-refractivity contribution in [3.63, 3.8) is 0 Å². The highest BCUT2D eigenvalue weighted by Gasteiger charge is 2.23. The number of thiophene rings is 1. The molecule has 0 aliphatic heterocycles. The van der Waals surface area contributed by atoms with Crippen LogP contribution in [-0.4, -0.2) is 22.7 Å². The van der Waals surface area contributed by atoms with Gasteiger partial charge in [0.05, 0.1) is 12.2 Å². The number of fused-ring (bicyclic) bond motifs is 1. The number of aromatic carboxylic acids is 1. The molecule has 0 spiro atoms. The summed E-state index contributed by atoms with van der Waals surface area (Å²) in [6, 6.07) is 7.82. The molecule has 1 aromatic carbocycles. The Hall–Kier alpha value is -2.34. The first-order chi connectivity index (χ1) is 9.70. The van der Waals surface area contributed by atoms with Crippen LogP contribution in [0.1, 0.15) is 17.4 Å². The largest absolute Gasteiger partial charge is 0.476 e. The van der Waals surface area contributed by atoms with E-state index in [0.717, 1.165) is 15.6 Å². The molecule has 0 amide bonds. The quantitative estimate of drug-likeness (QED) is 0.793. The van der Waals surface area contributed by atoms with Crippen molar-refractivity contribution in [2.75, 3.05) is 6.61 Å². The van der Waals surface area contributed by atoms with Gasteiger partial charge in [-0.2, -0.15) is 4.98 Å². The summed E-state index contributed by atoms with van der Waals surface area (Å²) < 4.78 is 11.7. The summed E-state index contributed by atoms with van der Waals surface area (Å²) >= 11 is 1.56. The maximum absolute atomic E-state index is 11.1. The molecule has 3 rings (SSSR count). The van der Waals surface area contributed by atoms with Gasteiger partial charge in [-0.05, 0) is 13.0 Å². The molecule has 102 valence electrons. The number of hydrogen-bond donors (Lipinski definition) is 1. The van der Waals surface area contributed by atoms with Crippen LogP contribution in [0.3, 0.4) is 0 Å². The van der Waals surface area contributed by atoms with Gasteiger partial charge in [0.15, 0.2) is 0 Å². The minimum atomic E-state index is -1.16. The van der Waals surface area contributed by atoms with E-state index in [2.05, 4.69) is 4.98 Å². The fraction of sp³-hybridized carbons (Fsp3) is 0.143. The second kappa shape index (κ2) is 4.97. The Kier molecular flexibility index (Phi) is 3.15. The Balaban J connectivity index is 2.14. The van der Waals surface area contributed by atoms with E-state index in [1.165, 1.54) is 0 Å². The summed E-state index contributed by atoms with van der Waals surface area (Å²) in [5.74, 6) is -0.948. The first-order valence-electron chi connectivity index (χ1n) is 6.04. The Labute approximate surface area is 118 Å². The van der Waals surface area contributed by atoms with Crippen molar-refractivity contribution in [3.8, 4) is 17.4 Å². The molecule has 20 heavy (non-hydrogen) atoms. The summed E-state index contributed by atoms with van der Waals surface area (Å²) in [5, 5.41) is 12.0. The normalized spacial score (nSPS) is 10.8. The van der Waals surface area contributed by atoms with Gasteiger partial charge in [0.1, 0.15) is 0 Å². The zero-order valence-electron chi connectivity index (χ0n) is 10.6. The highest BCUT2D eigenvalue weighted by molar-refractivity contribution is 7.17. The molecule has 0 radical (unpaired) electrons. The predicted molar refractivity (Wildman–Crippen MR) is 75.5 cm³/mol. The van der Waals surface area contributed by atoms with Gasteiger partial charge in [-0.25, -0.2) is 4.79 Å². The Morgan fingerprint density at radius 3 is 3.00 bits per heavy atom. The molecule has 0 saturated heterocycles. The fourth-order valence-electron chi connectivity index (χ4n) is 1.93. The molecule has 0 aliphatic carbocycles. The fourth-order valence-corrected chi connectivity index (χ4v) is 2.86. The lowest BCUT2D eigenvalue weighted by molar-refractivity contribution is 0.0683. The first kappa shape index (κ1) is 12.7. The molecule has 0 aliphatic rings. The SMILES string of the molecule is CCOc1oc(-c2csc3ccccc23)nc1C(=O)O. The summed E-state index contributed by atoms with van der Waals surface area (Å²) in [7, 11) is 0. The van der Waals surface area contributed by atoms with Gasteiger partial charge >= 0.3 is 11.9 Å². The van der Waals surface area contributed by atoms with Crippen LogP contribution in [0, 0.1) is 0 Å². The molecule has 5 nitrogen and oxygen atoms in total. The van der Waals surface area contributed by atoms with Gasteiger partial charge in [0.25, 0.3) is 0 Å². The molecule has 1 N–H and O–H groups in total. The summed E-state index contributed by atoms with van der Waals surface area (Å²) in [5.41, 5.74) is 0.580. The molecule has 0 saturated carbocycles. The van der Waals surface area contributed by atoms with Crippen LogP contribution in [0.25, 0.3) is 21.5 Å². The number of rotatable bonds is 4. The number of ether oxygens (including phenoxy) is 1. The lowest BCUT2D eigenvalue weighted by Crippen LogP contribution is -2.01. The second-order valence-electron chi connectivity index (χ2n) is 4.04. The third-order valence-electron chi connectivity index (χ3n) is 2.79. The maximum Gasteiger partial charge on any atom is 0.362 e. The van der Waals surface area contributed by atoms with Crippen molar-refractivity contribution in [3.05, 3.63) is 35.3 Å². The predicted octanol–water partition coefficient (Wildman–Crippen LogP) is 3.65. The van der Waals surface area contributed by atoms with Crippen molar-refractivity contribution in [2.45, 2.75) is 6.92 Å². The zero-order chi connectivity index (χ0) is 14.1. The Morgan fingerprint density at radius 1 is 1.45 bits per heavy atom. The van der Waals surface area contributed by atoms with E-state index in [0.29, 0.717) is 6.61 Å². The molecule has 0 bridgehead atoms. The highest BCUT2D eigenvalue weighted by atomic mass is 32.1. The molecule has 2 heterocycles. The molecule has 0 atom stereocenters. The molecule has 0 fully saturated rings. The smallest absolute Gasteiger partial charge is 0.362 e. The maximum atomic E-state index is 11.1. The number of carboxylic acid groups (broad SMARTS) is 1. The van der Waals surface area contributed by atoms with Gasteiger partial charge in [-0.1, -0.05) is 18.2 Å². The Morgan fingerprint density at radius 2 is 2.25 bits per heavy atom. The van der Waals surface area contributed by atoms with E-state index in [-0.39, 0.29) is 17.5 Å². The van der Waals surface area contributed by atoms with Crippen molar-refractivity contribution < 1.29 is 19.1 Å². The average molecular weight is 289 g/mol. The van der Waals surface area contributed by atoms with Crippen LogP contribution in [0.15, 0.2) is 34.1 Å². The van der Waals surface area contributed by atoms with Gasteiger partial charge in [0, 0.05) is 15.5 Å². The van der Waals surface area contributed by atoms with E-state index < -0.39 is 5.97 Å². The number of nitrogens with zero attached hydrogens (tertiary/aromatic N) is 1. The van der Waals surface area contributed by atoms with E-state index >= 15 is 0 Å². The Bertz CT molecular complexity index is 774. The molecule has 2 aromatic heterocycles. The van der Waals surface area contributed by atoms with E-state index in [9.17, 15) is 4.79 Å². The average Bonchev–Trinajstić information content (AvgIpc) is 3.02. The van der Waals surface area contributed by atoms with E-state index in [1.807, 2.05) is 29.6 Å². The standard InChI is InChI=1S/C14H11NO4S/c1-2-18-14-11(13(16)17)15-12(19-14)9-7-20-10-6-4-3-5-8(9)10/h3-7H,2H2,1H3,(H,16,17). The summed E-state index contributed by atoms with van der Waals surface area (Å²) in [4.78, 5) is 15.2. The number of benzene rings is 1. The number of carboxylic acids is 1. The monoisotopic (exact) mass is 289 g/mol.